The minimum atomic E-state index is 1.11. The van der Waals surface area contributed by atoms with Gasteiger partial charge in [-0.05, 0) is 38.1 Å². The number of rotatable bonds is 3. The second-order valence-corrected chi connectivity index (χ2v) is 5.49. The Balaban J connectivity index is 1.69. The molecule has 3 heteroatoms. The summed E-state index contributed by atoms with van der Waals surface area (Å²) in [6, 6.07) is 8.41. The van der Waals surface area contributed by atoms with Crippen molar-refractivity contribution < 1.29 is 0 Å². The van der Waals surface area contributed by atoms with Gasteiger partial charge in [0.2, 0.25) is 0 Å². The largest absolute Gasteiger partial charge is 0.303 e. The first kappa shape index (κ1) is 10.2. The van der Waals surface area contributed by atoms with Crippen LogP contribution in [0.5, 0.6) is 0 Å². The molecule has 1 saturated heterocycles. The minimum Gasteiger partial charge on any atom is -0.303 e. The molecule has 1 aromatic heterocycles. The summed E-state index contributed by atoms with van der Waals surface area (Å²) in [5.41, 5.74) is 1.16. The molecule has 0 atom stereocenters. The van der Waals surface area contributed by atoms with E-state index in [0.29, 0.717) is 0 Å². The average molecular weight is 232 g/mol. The molecule has 16 heavy (non-hydrogen) atoms. The maximum atomic E-state index is 4.67. The first-order chi connectivity index (χ1) is 7.92. The van der Waals surface area contributed by atoms with E-state index in [0.717, 1.165) is 11.9 Å². The zero-order valence-corrected chi connectivity index (χ0v) is 10.2. The highest BCUT2D eigenvalue weighted by Gasteiger charge is 2.12. The van der Waals surface area contributed by atoms with Crippen molar-refractivity contribution in [3.8, 4) is 0 Å². The number of aromatic nitrogens is 1. The van der Waals surface area contributed by atoms with Gasteiger partial charge in [0.15, 0.2) is 0 Å². The number of para-hydroxylation sites is 1. The lowest BCUT2D eigenvalue weighted by Crippen LogP contribution is -2.21. The third-order valence-corrected chi connectivity index (χ3v) is 4.27. The Bertz CT molecular complexity index is 438. The van der Waals surface area contributed by atoms with Crippen LogP contribution in [0, 0.1) is 0 Å². The van der Waals surface area contributed by atoms with E-state index < -0.39 is 0 Å². The summed E-state index contributed by atoms with van der Waals surface area (Å²) >= 11 is 1.84. The van der Waals surface area contributed by atoms with E-state index in [1.165, 1.54) is 42.2 Å². The van der Waals surface area contributed by atoms with E-state index in [1.54, 1.807) is 0 Å². The normalized spacial score (nSPS) is 17.2. The lowest BCUT2D eigenvalue weighted by molar-refractivity contribution is 0.343. The molecule has 0 radical (unpaired) electrons. The molecule has 0 unspecified atom stereocenters. The van der Waals surface area contributed by atoms with Gasteiger partial charge in [0.05, 0.1) is 15.2 Å². The number of thiazole rings is 1. The molecule has 0 saturated carbocycles. The fourth-order valence-corrected chi connectivity index (χ4v) is 3.24. The van der Waals surface area contributed by atoms with Gasteiger partial charge in [0.25, 0.3) is 0 Å². The summed E-state index contributed by atoms with van der Waals surface area (Å²) in [5, 5.41) is 1.29. The Hall–Kier alpha value is -0.930. The molecule has 2 aromatic rings. The molecule has 0 aliphatic carbocycles. The van der Waals surface area contributed by atoms with Crippen LogP contribution in [-0.2, 0) is 6.42 Å². The van der Waals surface area contributed by atoms with Crippen LogP contribution in [0.1, 0.15) is 17.8 Å². The van der Waals surface area contributed by atoms with Crippen molar-refractivity contribution in [2.75, 3.05) is 19.6 Å². The molecule has 1 aliphatic rings. The van der Waals surface area contributed by atoms with Crippen molar-refractivity contribution in [3.63, 3.8) is 0 Å². The predicted molar refractivity (Wildman–Crippen MR) is 69.0 cm³/mol. The maximum Gasteiger partial charge on any atom is 0.0951 e. The fourth-order valence-electron chi connectivity index (χ4n) is 2.29. The summed E-state index contributed by atoms with van der Waals surface area (Å²) < 4.78 is 1.32. The highest BCUT2D eigenvalue weighted by Crippen LogP contribution is 2.22. The molecule has 0 N–H and O–H groups in total. The van der Waals surface area contributed by atoms with Gasteiger partial charge in [-0.25, -0.2) is 4.98 Å². The molecule has 1 aromatic carbocycles. The Morgan fingerprint density at radius 1 is 1.19 bits per heavy atom. The second-order valence-electron chi connectivity index (χ2n) is 4.37. The molecule has 84 valence electrons. The second kappa shape index (κ2) is 4.52. The van der Waals surface area contributed by atoms with Gasteiger partial charge in [0.1, 0.15) is 0 Å². The van der Waals surface area contributed by atoms with Crippen molar-refractivity contribution >= 4 is 21.6 Å². The monoisotopic (exact) mass is 232 g/mol. The number of hydrogen-bond acceptors (Lipinski definition) is 3. The molecule has 0 bridgehead atoms. The van der Waals surface area contributed by atoms with Gasteiger partial charge in [-0.15, -0.1) is 11.3 Å². The standard InChI is InChI=1S/C13H16N2S/c1-2-6-12-11(5-1)14-13(16-12)7-10-15-8-3-4-9-15/h1-2,5-6H,3-4,7-10H2. The minimum absolute atomic E-state index is 1.11. The molecule has 3 rings (SSSR count). The van der Waals surface area contributed by atoms with Gasteiger partial charge in [-0.1, -0.05) is 12.1 Å². The summed E-state index contributed by atoms with van der Waals surface area (Å²) in [4.78, 5) is 7.21. The van der Waals surface area contributed by atoms with Crippen LogP contribution in [0.4, 0.5) is 0 Å². The van der Waals surface area contributed by atoms with Gasteiger partial charge in [-0.3, -0.25) is 0 Å². The number of fused-ring (bicyclic) bond motifs is 1. The van der Waals surface area contributed by atoms with Crippen LogP contribution in [0.15, 0.2) is 24.3 Å². The molecular formula is C13H16N2S. The van der Waals surface area contributed by atoms with E-state index in [1.807, 2.05) is 11.3 Å². The first-order valence-corrected chi connectivity index (χ1v) is 6.80. The number of benzene rings is 1. The third-order valence-electron chi connectivity index (χ3n) is 3.18. The lowest BCUT2D eigenvalue weighted by Gasteiger charge is -2.12. The van der Waals surface area contributed by atoms with Crippen molar-refractivity contribution in [3.05, 3.63) is 29.3 Å². The molecule has 1 aliphatic heterocycles. The summed E-state index contributed by atoms with van der Waals surface area (Å²) in [6.45, 7) is 3.75. The summed E-state index contributed by atoms with van der Waals surface area (Å²) in [5.74, 6) is 0. The topological polar surface area (TPSA) is 16.1 Å². The van der Waals surface area contributed by atoms with E-state index in [9.17, 15) is 0 Å². The lowest BCUT2D eigenvalue weighted by atomic mass is 10.3. The smallest absolute Gasteiger partial charge is 0.0951 e. The first-order valence-electron chi connectivity index (χ1n) is 5.99. The molecule has 1 fully saturated rings. The zero-order chi connectivity index (χ0) is 10.8. The van der Waals surface area contributed by atoms with Gasteiger partial charge >= 0.3 is 0 Å². The zero-order valence-electron chi connectivity index (χ0n) is 9.35. The van der Waals surface area contributed by atoms with Crippen molar-refractivity contribution in [1.82, 2.24) is 9.88 Å². The Morgan fingerprint density at radius 2 is 2.00 bits per heavy atom. The number of nitrogens with zero attached hydrogens (tertiary/aromatic N) is 2. The van der Waals surface area contributed by atoms with Crippen LogP contribution >= 0.6 is 11.3 Å². The number of likely N-dealkylation sites (tertiary alicyclic amines) is 1. The summed E-state index contributed by atoms with van der Waals surface area (Å²) in [6.07, 6.45) is 3.86. The van der Waals surface area contributed by atoms with E-state index in [-0.39, 0.29) is 0 Å². The van der Waals surface area contributed by atoms with Crippen molar-refractivity contribution in [2.45, 2.75) is 19.3 Å². The van der Waals surface area contributed by atoms with Crippen molar-refractivity contribution in [2.24, 2.45) is 0 Å². The highest BCUT2D eigenvalue weighted by atomic mass is 32.1. The van der Waals surface area contributed by atoms with Crippen molar-refractivity contribution in [1.29, 1.82) is 0 Å². The predicted octanol–water partition coefficient (Wildman–Crippen LogP) is 2.93. The Labute approximate surface area is 99.9 Å². The molecule has 0 spiro atoms. The van der Waals surface area contributed by atoms with E-state index in [4.69, 9.17) is 0 Å². The third kappa shape index (κ3) is 2.11. The van der Waals surface area contributed by atoms with Crippen LogP contribution in [-0.4, -0.2) is 29.5 Å². The Kier molecular flexibility index (Phi) is 2.89. The average Bonchev–Trinajstić information content (AvgIpc) is 2.95. The quantitative estimate of drug-likeness (QED) is 0.809. The fraction of sp³-hybridized carbons (Fsp3) is 0.462. The van der Waals surface area contributed by atoms with Gasteiger partial charge in [0, 0.05) is 13.0 Å². The number of hydrogen-bond donors (Lipinski definition) is 0. The SMILES string of the molecule is c1ccc2sc(CCN3CCCC3)nc2c1. The molecular weight excluding hydrogens is 216 g/mol. The Morgan fingerprint density at radius 3 is 2.81 bits per heavy atom. The van der Waals surface area contributed by atoms with Gasteiger partial charge < -0.3 is 4.90 Å². The molecule has 2 heterocycles. The van der Waals surface area contributed by atoms with Crippen LogP contribution in [0.3, 0.4) is 0 Å². The molecule has 0 amide bonds. The van der Waals surface area contributed by atoms with Crippen LogP contribution < -0.4 is 0 Å². The van der Waals surface area contributed by atoms with E-state index in [2.05, 4.69) is 34.1 Å². The summed E-state index contributed by atoms with van der Waals surface area (Å²) in [7, 11) is 0. The van der Waals surface area contributed by atoms with Crippen LogP contribution in [0.2, 0.25) is 0 Å². The molecule has 2 nitrogen and oxygen atoms in total. The maximum absolute atomic E-state index is 4.67. The highest BCUT2D eigenvalue weighted by molar-refractivity contribution is 7.18. The van der Waals surface area contributed by atoms with Gasteiger partial charge in [-0.2, -0.15) is 0 Å². The van der Waals surface area contributed by atoms with E-state index >= 15 is 0 Å². The van der Waals surface area contributed by atoms with Crippen LogP contribution in [0.25, 0.3) is 10.2 Å².